The monoisotopic (exact) mass is 293 g/mol. The molecule has 21 heavy (non-hydrogen) atoms. The second-order valence-electron chi connectivity index (χ2n) is 6.21. The highest BCUT2D eigenvalue weighted by Crippen LogP contribution is 2.40. The van der Waals surface area contributed by atoms with Gasteiger partial charge in [-0.1, -0.05) is 25.7 Å². The van der Waals surface area contributed by atoms with Crippen LogP contribution in [0.4, 0.5) is 0 Å². The lowest BCUT2D eigenvalue weighted by Gasteiger charge is -2.36. The summed E-state index contributed by atoms with van der Waals surface area (Å²) in [5.41, 5.74) is 0.283. The predicted molar refractivity (Wildman–Crippen MR) is 82.4 cm³/mol. The third-order valence-electron chi connectivity index (χ3n) is 4.28. The molecule has 1 N–H and O–H groups in total. The van der Waals surface area contributed by atoms with Gasteiger partial charge in [0.05, 0.1) is 17.9 Å². The Morgan fingerprint density at radius 1 is 1.14 bits per heavy atom. The summed E-state index contributed by atoms with van der Waals surface area (Å²) in [5, 5.41) is 10.9. The van der Waals surface area contributed by atoms with E-state index in [0.717, 1.165) is 31.2 Å². The Morgan fingerprint density at radius 2 is 1.81 bits per heavy atom. The van der Waals surface area contributed by atoms with E-state index in [1.54, 1.807) is 19.5 Å². The van der Waals surface area contributed by atoms with Crippen LogP contribution in [-0.2, 0) is 4.74 Å². The van der Waals surface area contributed by atoms with Gasteiger partial charge in [0.15, 0.2) is 0 Å². The molecule has 0 amide bonds. The summed E-state index contributed by atoms with van der Waals surface area (Å²) in [5.74, 6) is 0.696. The minimum absolute atomic E-state index is 0.0912. The third-order valence-corrected chi connectivity index (χ3v) is 4.28. The second-order valence-corrected chi connectivity index (χ2v) is 6.21. The quantitative estimate of drug-likeness (QED) is 0.842. The number of nitrogens with zero attached hydrogens (tertiary/aromatic N) is 1. The molecule has 0 aliphatic heterocycles. The van der Waals surface area contributed by atoms with Crippen LogP contribution in [0, 0.1) is 0 Å². The standard InChI is InChI=1S/C17H27NO3/c1-13(2)21-15-10-14(11-18-12-15)16(19)17(20-3)8-6-4-5-7-9-17/h10-13,16,19H,4-9H2,1-3H3. The van der Waals surface area contributed by atoms with Gasteiger partial charge in [-0.05, 0) is 32.8 Å². The zero-order chi connectivity index (χ0) is 15.3. The van der Waals surface area contributed by atoms with Crippen molar-refractivity contribution in [3.8, 4) is 5.75 Å². The molecule has 1 heterocycles. The number of rotatable bonds is 5. The molecule has 0 radical (unpaired) electrons. The lowest BCUT2D eigenvalue weighted by Crippen LogP contribution is -2.38. The van der Waals surface area contributed by atoms with Crippen LogP contribution in [0.5, 0.6) is 5.75 Å². The Morgan fingerprint density at radius 3 is 2.38 bits per heavy atom. The molecule has 4 heteroatoms. The van der Waals surface area contributed by atoms with Crippen LogP contribution in [0.15, 0.2) is 18.5 Å². The summed E-state index contributed by atoms with van der Waals surface area (Å²) in [4.78, 5) is 4.20. The van der Waals surface area contributed by atoms with E-state index < -0.39 is 11.7 Å². The minimum Gasteiger partial charge on any atom is -0.489 e. The van der Waals surface area contributed by atoms with Crippen LogP contribution in [0.2, 0.25) is 0 Å². The predicted octanol–water partition coefficient (Wildman–Crippen LogP) is 3.64. The Hall–Kier alpha value is -1.13. The number of methoxy groups -OCH3 is 1. The molecule has 1 saturated carbocycles. The molecule has 0 spiro atoms. The molecule has 1 unspecified atom stereocenters. The van der Waals surface area contributed by atoms with Crippen LogP contribution < -0.4 is 4.74 Å². The number of ether oxygens (including phenoxy) is 2. The van der Waals surface area contributed by atoms with E-state index in [1.165, 1.54) is 12.8 Å². The Balaban J connectivity index is 2.22. The van der Waals surface area contributed by atoms with Crippen molar-refractivity contribution in [2.45, 2.75) is 70.2 Å². The normalized spacial score (nSPS) is 20.0. The van der Waals surface area contributed by atoms with Crippen LogP contribution in [0.3, 0.4) is 0 Å². The smallest absolute Gasteiger partial charge is 0.138 e. The van der Waals surface area contributed by atoms with Crippen molar-refractivity contribution in [2.75, 3.05) is 7.11 Å². The van der Waals surface area contributed by atoms with Crippen molar-refractivity contribution in [1.82, 2.24) is 4.98 Å². The highest BCUT2D eigenvalue weighted by atomic mass is 16.5. The zero-order valence-electron chi connectivity index (χ0n) is 13.3. The van der Waals surface area contributed by atoms with Crippen molar-refractivity contribution < 1.29 is 14.6 Å². The Bertz CT molecular complexity index is 439. The lowest BCUT2D eigenvalue weighted by atomic mass is 9.85. The lowest BCUT2D eigenvalue weighted by molar-refractivity contribution is -0.114. The molecule has 0 bridgehead atoms. The van der Waals surface area contributed by atoms with Crippen LogP contribution in [0.25, 0.3) is 0 Å². The first-order valence-corrected chi connectivity index (χ1v) is 7.92. The van der Waals surface area contributed by atoms with Gasteiger partial charge in [-0.3, -0.25) is 4.98 Å². The van der Waals surface area contributed by atoms with Gasteiger partial charge in [0, 0.05) is 18.9 Å². The van der Waals surface area contributed by atoms with Crippen molar-refractivity contribution >= 4 is 0 Å². The molecular weight excluding hydrogens is 266 g/mol. The molecule has 1 aliphatic rings. The topological polar surface area (TPSA) is 51.6 Å². The number of aliphatic hydroxyl groups is 1. The molecular formula is C17H27NO3. The average Bonchev–Trinajstić information content (AvgIpc) is 2.72. The molecule has 118 valence electrons. The van der Waals surface area contributed by atoms with Crippen molar-refractivity contribution in [3.63, 3.8) is 0 Å². The first kappa shape index (κ1) is 16.2. The maximum atomic E-state index is 10.9. The molecule has 1 aromatic rings. The first-order valence-electron chi connectivity index (χ1n) is 7.92. The van der Waals surface area contributed by atoms with Gasteiger partial charge in [-0.15, -0.1) is 0 Å². The molecule has 1 aliphatic carbocycles. The summed E-state index contributed by atoms with van der Waals surface area (Å²) in [6.45, 7) is 3.95. The van der Waals surface area contributed by atoms with E-state index >= 15 is 0 Å². The van der Waals surface area contributed by atoms with E-state index in [2.05, 4.69) is 4.98 Å². The average molecular weight is 293 g/mol. The van der Waals surface area contributed by atoms with Crippen LogP contribution >= 0.6 is 0 Å². The maximum Gasteiger partial charge on any atom is 0.138 e. The van der Waals surface area contributed by atoms with Gasteiger partial charge in [0.2, 0.25) is 0 Å². The summed E-state index contributed by atoms with van der Waals surface area (Å²) in [6.07, 6.45) is 9.23. The van der Waals surface area contributed by atoms with Crippen molar-refractivity contribution in [1.29, 1.82) is 0 Å². The maximum absolute atomic E-state index is 10.9. The summed E-state index contributed by atoms with van der Waals surface area (Å²) >= 11 is 0. The van der Waals surface area contributed by atoms with Gasteiger partial charge in [0.1, 0.15) is 11.9 Å². The Kier molecular flexibility index (Phi) is 5.59. The van der Waals surface area contributed by atoms with Crippen LogP contribution in [0.1, 0.15) is 64.0 Å². The second kappa shape index (κ2) is 7.23. The van der Waals surface area contributed by atoms with Gasteiger partial charge in [-0.2, -0.15) is 0 Å². The zero-order valence-corrected chi connectivity index (χ0v) is 13.3. The fourth-order valence-corrected chi connectivity index (χ4v) is 3.14. The number of aliphatic hydroxyl groups excluding tert-OH is 1. The van der Waals surface area contributed by atoms with E-state index in [9.17, 15) is 5.11 Å². The fraction of sp³-hybridized carbons (Fsp3) is 0.706. The number of hydrogen-bond acceptors (Lipinski definition) is 4. The fourth-order valence-electron chi connectivity index (χ4n) is 3.14. The largest absolute Gasteiger partial charge is 0.489 e. The highest BCUT2D eigenvalue weighted by Gasteiger charge is 2.39. The van der Waals surface area contributed by atoms with Crippen LogP contribution in [-0.4, -0.2) is 28.9 Å². The molecule has 2 rings (SSSR count). The van der Waals surface area contributed by atoms with Gasteiger partial charge < -0.3 is 14.6 Å². The van der Waals surface area contributed by atoms with Gasteiger partial charge in [-0.25, -0.2) is 0 Å². The third kappa shape index (κ3) is 3.95. The summed E-state index contributed by atoms with van der Waals surface area (Å²) in [6, 6.07) is 1.88. The van der Waals surface area contributed by atoms with Gasteiger partial charge >= 0.3 is 0 Å². The van der Waals surface area contributed by atoms with Crippen molar-refractivity contribution in [2.24, 2.45) is 0 Å². The van der Waals surface area contributed by atoms with E-state index in [-0.39, 0.29) is 6.10 Å². The minimum atomic E-state index is -0.663. The number of hydrogen-bond donors (Lipinski definition) is 1. The van der Waals surface area contributed by atoms with Gasteiger partial charge in [0.25, 0.3) is 0 Å². The Labute approximate surface area is 127 Å². The first-order chi connectivity index (χ1) is 10.1. The summed E-state index contributed by atoms with van der Waals surface area (Å²) in [7, 11) is 1.70. The molecule has 4 nitrogen and oxygen atoms in total. The SMILES string of the molecule is COC1(C(O)c2cncc(OC(C)C)c2)CCCCCC1. The van der Waals surface area contributed by atoms with E-state index in [4.69, 9.17) is 9.47 Å². The molecule has 0 saturated heterocycles. The number of aromatic nitrogens is 1. The molecule has 0 aromatic carbocycles. The highest BCUT2D eigenvalue weighted by molar-refractivity contribution is 5.27. The summed E-state index contributed by atoms with van der Waals surface area (Å²) < 4.78 is 11.4. The molecule has 1 fully saturated rings. The number of pyridine rings is 1. The van der Waals surface area contributed by atoms with E-state index in [1.807, 2.05) is 19.9 Å². The molecule has 1 atom stereocenters. The van der Waals surface area contributed by atoms with Crippen molar-refractivity contribution in [3.05, 3.63) is 24.0 Å². The van der Waals surface area contributed by atoms with E-state index in [0.29, 0.717) is 5.75 Å². The molecule has 1 aromatic heterocycles.